The Hall–Kier alpha value is -3.36. The average Bonchev–Trinajstić information content (AvgIpc) is 2.75. The number of nitrogens with one attached hydrogen (secondary N) is 3. The number of hydrogen-bond acceptors (Lipinski definition) is 3. The molecule has 32 heavy (non-hydrogen) atoms. The molecule has 3 aromatic carbocycles. The maximum atomic E-state index is 12.8. The fourth-order valence-corrected chi connectivity index (χ4v) is 3.07. The highest BCUT2D eigenvalue weighted by atomic mass is 35.5. The normalized spacial score (nSPS) is 11.1. The van der Waals surface area contributed by atoms with Gasteiger partial charge in [0.1, 0.15) is 0 Å². The van der Waals surface area contributed by atoms with Crippen molar-refractivity contribution in [1.29, 1.82) is 0 Å². The van der Waals surface area contributed by atoms with E-state index < -0.39 is 17.6 Å². The van der Waals surface area contributed by atoms with Gasteiger partial charge in [0.25, 0.3) is 5.91 Å². The van der Waals surface area contributed by atoms with Gasteiger partial charge in [-0.15, -0.1) is 0 Å². The molecule has 0 saturated heterocycles. The number of anilines is 2. The fourth-order valence-electron chi connectivity index (χ4n) is 2.87. The van der Waals surface area contributed by atoms with Gasteiger partial charge in [-0.1, -0.05) is 41.9 Å². The van der Waals surface area contributed by atoms with Crippen molar-refractivity contribution in [2.24, 2.45) is 0 Å². The zero-order valence-corrected chi connectivity index (χ0v) is 17.4. The van der Waals surface area contributed by atoms with Gasteiger partial charge in [-0.25, -0.2) is 0 Å². The minimum atomic E-state index is -4.51. The van der Waals surface area contributed by atoms with Crippen LogP contribution in [-0.4, -0.2) is 18.4 Å². The molecule has 3 aromatic rings. The summed E-state index contributed by atoms with van der Waals surface area (Å²) in [4.78, 5) is 24.6. The minimum absolute atomic E-state index is 0.0167. The van der Waals surface area contributed by atoms with Crippen molar-refractivity contribution in [2.75, 3.05) is 17.2 Å². The summed E-state index contributed by atoms with van der Waals surface area (Å²) in [6.45, 7) is 0.429. The van der Waals surface area contributed by atoms with E-state index in [9.17, 15) is 22.8 Å². The Bertz CT molecular complexity index is 1120. The molecule has 0 aliphatic heterocycles. The number of carbonyl (C=O) groups is 2. The summed E-state index contributed by atoms with van der Waals surface area (Å²) in [5.74, 6) is -0.926. The molecule has 0 radical (unpaired) electrons. The van der Waals surface area contributed by atoms with Crippen LogP contribution in [0.4, 0.5) is 24.5 Å². The Kier molecular flexibility index (Phi) is 7.50. The van der Waals surface area contributed by atoms with Gasteiger partial charge in [-0.05, 0) is 48.0 Å². The Labute approximate surface area is 187 Å². The van der Waals surface area contributed by atoms with Crippen LogP contribution in [0.5, 0.6) is 0 Å². The molecule has 5 nitrogen and oxygen atoms in total. The van der Waals surface area contributed by atoms with Crippen molar-refractivity contribution in [2.45, 2.75) is 12.7 Å². The number of halogens is 4. The maximum Gasteiger partial charge on any atom is 0.416 e. The van der Waals surface area contributed by atoms with E-state index in [1.165, 1.54) is 24.3 Å². The van der Waals surface area contributed by atoms with E-state index in [1.54, 1.807) is 18.2 Å². The molecule has 0 unspecified atom stereocenters. The number of rotatable bonds is 7. The molecular weight excluding hydrogens is 443 g/mol. The maximum absolute atomic E-state index is 12.8. The molecule has 2 amide bonds. The van der Waals surface area contributed by atoms with Crippen molar-refractivity contribution in [3.05, 3.63) is 94.5 Å². The molecule has 0 fully saturated rings. The van der Waals surface area contributed by atoms with Crippen molar-refractivity contribution in [3.63, 3.8) is 0 Å². The lowest BCUT2D eigenvalue weighted by atomic mass is 10.1. The largest absolute Gasteiger partial charge is 0.416 e. The summed E-state index contributed by atoms with van der Waals surface area (Å²) in [7, 11) is 0. The van der Waals surface area contributed by atoms with Gasteiger partial charge < -0.3 is 16.0 Å². The Balaban J connectivity index is 1.57. The summed E-state index contributed by atoms with van der Waals surface area (Å²) < 4.78 is 38.5. The first kappa shape index (κ1) is 23.3. The number of amides is 2. The molecule has 0 aliphatic carbocycles. The van der Waals surface area contributed by atoms with Crippen molar-refractivity contribution >= 4 is 34.8 Å². The summed E-state index contributed by atoms with van der Waals surface area (Å²) in [5, 5.41) is 8.68. The highest BCUT2D eigenvalue weighted by Crippen LogP contribution is 2.30. The van der Waals surface area contributed by atoms with Crippen LogP contribution in [0.3, 0.4) is 0 Å². The lowest BCUT2D eigenvalue weighted by Crippen LogP contribution is -2.27. The van der Waals surface area contributed by atoms with Crippen LogP contribution in [0.2, 0.25) is 5.02 Å². The molecule has 0 atom stereocenters. The van der Waals surface area contributed by atoms with Crippen LogP contribution in [0.15, 0.2) is 72.8 Å². The molecule has 0 heterocycles. The quantitative estimate of drug-likeness (QED) is 0.445. The molecule has 3 rings (SSSR count). The van der Waals surface area contributed by atoms with Gasteiger partial charge in [0.15, 0.2) is 0 Å². The summed E-state index contributed by atoms with van der Waals surface area (Å²) in [6, 6.07) is 17.7. The molecule has 166 valence electrons. The number of carbonyl (C=O) groups excluding carboxylic acids is 2. The van der Waals surface area contributed by atoms with Crippen molar-refractivity contribution < 1.29 is 22.8 Å². The van der Waals surface area contributed by atoms with Crippen LogP contribution in [0.25, 0.3) is 0 Å². The van der Waals surface area contributed by atoms with E-state index in [4.69, 9.17) is 11.6 Å². The Morgan fingerprint density at radius 2 is 1.53 bits per heavy atom. The van der Waals surface area contributed by atoms with E-state index >= 15 is 0 Å². The van der Waals surface area contributed by atoms with Gasteiger partial charge in [-0.3, -0.25) is 9.59 Å². The van der Waals surface area contributed by atoms with E-state index in [0.29, 0.717) is 17.3 Å². The minimum Gasteiger partial charge on any atom is -0.325 e. The van der Waals surface area contributed by atoms with Crippen LogP contribution in [0.1, 0.15) is 21.5 Å². The molecule has 0 aliphatic rings. The van der Waals surface area contributed by atoms with Crippen LogP contribution >= 0.6 is 11.6 Å². The molecular formula is C23H19ClF3N3O2. The van der Waals surface area contributed by atoms with Crippen LogP contribution < -0.4 is 16.0 Å². The summed E-state index contributed by atoms with van der Waals surface area (Å²) in [5.41, 5.74) is 0.578. The van der Waals surface area contributed by atoms with E-state index in [-0.39, 0.29) is 23.7 Å². The first-order chi connectivity index (χ1) is 15.2. The predicted octanol–water partition coefficient (Wildman–Crippen LogP) is 5.34. The van der Waals surface area contributed by atoms with E-state index in [0.717, 1.165) is 17.7 Å². The first-order valence-corrected chi connectivity index (χ1v) is 9.93. The second-order valence-electron chi connectivity index (χ2n) is 6.86. The molecule has 0 bridgehead atoms. The third-order valence-corrected chi connectivity index (χ3v) is 4.78. The van der Waals surface area contributed by atoms with Gasteiger partial charge in [0.2, 0.25) is 5.91 Å². The standard InChI is InChI=1S/C23H19ClF3N3O2/c24-20-10-2-1-5-16(20)13-28-14-21(31)29-18-8-3-6-15(11-18)22(32)30-19-9-4-7-17(12-19)23(25,26)27/h1-12,28H,13-14H2,(H,29,31)(H,30,32). The molecule has 3 N–H and O–H groups in total. The van der Waals surface area contributed by atoms with Gasteiger partial charge in [0, 0.05) is 28.5 Å². The molecule has 9 heteroatoms. The number of benzene rings is 3. The Morgan fingerprint density at radius 1 is 0.844 bits per heavy atom. The highest BCUT2D eigenvalue weighted by molar-refractivity contribution is 6.31. The summed E-state index contributed by atoms with van der Waals surface area (Å²) in [6.07, 6.45) is -4.51. The topological polar surface area (TPSA) is 70.2 Å². The fraction of sp³-hybridized carbons (Fsp3) is 0.130. The molecule has 0 saturated carbocycles. The van der Waals surface area contributed by atoms with E-state index in [2.05, 4.69) is 16.0 Å². The molecule has 0 spiro atoms. The van der Waals surface area contributed by atoms with Gasteiger partial charge in [-0.2, -0.15) is 13.2 Å². The summed E-state index contributed by atoms with van der Waals surface area (Å²) >= 11 is 6.07. The lowest BCUT2D eigenvalue weighted by molar-refractivity contribution is -0.137. The van der Waals surface area contributed by atoms with E-state index in [1.807, 2.05) is 18.2 Å². The lowest BCUT2D eigenvalue weighted by Gasteiger charge is -2.11. The van der Waals surface area contributed by atoms with Crippen molar-refractivity contribution in [1.82, 2.24) is 5.32 Å². The SMILES string of the molecule is O=C(CNCc1ccccc1Cl)Nc1cccc(C(=O)Nc2cccc(C(F)(F)F)c2)c1. The average molecular weight is 462 g/mol. The number of hydrogen-bond donors (Lipinski definition) is 3. The third-order valence-electron chi connectivity index (χ3n) is 4.42. The zero-order valence-electron chi connectivity index (χ0n) is 16.7. The van der Waals surface area contributed by atoms with Gasteiger partial charge >= 0.3 is 6.18 Å². The van der Waals surface area contributed by atoms with Crippen LogP contribution in [0, 0.1) is 0 Å². The first-order valence-electron chi connectivity index (χ1n) is 9.55. The second kappa shape index (κ2) is 10.3. The highest BCUT2D eigenvalue weighted by Gasteiger charge is 2.30. The Morgan fingerprint density at radius 3 is 2.25 bits per heavy atom. The zero-order chi connectivity index (χ0) is 23.1. The monoisotopic (exact) mass is 461 g/mol. The predicted molar refractivity (Wildman–Crippen MR) is 118 cm³/mol. The van der Waals surface area contributed by atoms with Gasteiger partial charge in [0.05, 0.1) is 12.1 Å². The molecule has 0 aromatic heterocycles. The smallest absolute Gasteiger partial charge is 0.325 e. The second-order valence-corrected chi connectivity index (χ2v) is 7.26. The number of alkyl halides is 3. The third kappa shape index (κ3) is 6.57. The van der Waals surface area contributed by atoms with Crippen LogP contribution in [-0.2, 0) is 17.5 Å². The van der Waals surface area contributed by atoms with Crippen molar-refractivity contribution in [3.8, 4) is 0 Å².